The molecule has 7 heteroatoms. The second kappa shape index (κ2) is 6.10. The number of benzene rings is 2. The van der Waals surface area contributed by atoms with Crippen molar-refractivity contribution in [3.05, 3.63) is 92.5 Å². The summed E-state index contributed by atoms with van der Waals surface area (Å²) >= 11 is 1.30. The molecule has 0 aliphatic carbocycles. The molecule has 0 saturated heterocycles. The first-order valence-electron chi connectivity index (χ1n) is 8.60. The minimum Gasteiger partial charge on any atom is -0.450 e. The number of fused-ring (bicyclic) bond motifs is 2. The number of rotatable bonds is 2. The Kier molecular flexibility index (Phi) is 3.67. The third-order valence-corrected chi connectivity index (χ3v) is 5.62. The summed E-state index contributed by atoms with van der Waals surface area (Å²) in [5.41, 5.74) is 1.80. The van der Waals surface area contributed by atoms with Gasteiger partial charge in [0.1, 0.15) is 11.4 Å². The number of hydrogen-bond donors (Lipinski definition) is 0. The summed E-state index contributed by atoms with van der Waals surface area (Å²) in [5, 5.41) is 2.35. The lowest BCUT2D eigenvalue weighted by atomic mass is 9.98. The monoisotopic (exact) mass is 392 g/mol. The van der Waals surface area contributed by atoms with E-state index in [1.165, 1.54) is 28.4 Å². The minimum atomic E-state index is -0.682. The molecule has 2 aromatic heterocycles. The smallest absolute Gasteiger partial charge is 0.297 e. The van der Waals surface area contributed by atoms with Crippen LogP contribution in [-0.2, 0) is 0 Å². The van der Waals surface area contributed by atoms with Crippen LogP contribution in [0.1, 0.15) is 33.3 Å². The van der Waals surface area contributed by atoms with Crippen molar-refractivity contribution < 1.29 is 13.6 Å². The van der Waals surface area contributed by atoms with Crippen molar-refractivity contribution in [1.82, 2.24) is 4.98 Å². The van der Waals surface area contributed by atoms with Crippen molar-refractivity contribution >= 4 is 33.3 Å². The molecule has 1 aliphatic heterocycles. The van der Waals surface area contributed by atoms with Crippen LogP contribution in [0.4, 0.5) is 9.52 Å². The van der Waals surface area contributed by atoms with Gasteiger partial charge in [-0.2, -0.15) is 0 Å². The minimum absolute atomic E-state index is 0.0233. The van der Waals surface area contributed by atoms with Gasteiger partial charge < -0.3 is 4.42 Å². The van der Waals surface area contributed by atoms with Gasteiger partial charge in [0.2, 0.25) is 5.76 Å². The van der Waals surface area contributed by atoms with Gasteiger partial charge in [-0.05, 0) is 30.7 Å². The number of halogens is 1. The Morgan fingerprint density at radius 3 is 2.64 bits per heavy atom. The maximum atomic E-state index is 13.7. The molecular weight excluding hydrogens is 379 g/mol. The van der Waals surface area contributed by atoms with E-state index in [4.69, 9.17) is 4.42 Å². The number of hydrogen-bond acceptors (Lipinski definition) is 5. The molecule has 3 heterocycles. The highest BCUT2D eigenvalue weighted by Crippen LogP contribution is 2.41. The topological polar surface area (TPSA) is 63.4 Å². The van der Waals surface area contributed by atoms with E-state index in [0.717, 1.165) is 17.2 Å². The third kappa shape index (κ3) is 2.40. The molecule has 5 rings (SSSR count). The van der Waals surface area contributed by atoms with Crippen molar-refractivity contribution in [3.8, 4) is 0 Å². The molecule has 0 radical (unpaired) electrons. The molecule has 28 heavy (non-hydrogen) atoms. The predicted octanol–water partition coefficient (Wildman–Crippen LogP) is 4.45. The van der Waals surface area contributed by atoms with Crippen LogP contribution in [0.25, 0.3) is 11.0 Å². The summed E-state index contributed by atoms with van der Waals surface area (Å²) < 4.78 is 19.5. The quantitative estimate of drug-likeness (QED) is 0.506. The van der Waals surface area contributed by atoms with Crippen LogP contribution in [0.15, 0.2) is 63.3 Å². The zero-order chi connectivity index (χ0) is 19.4. The first kappa shape index (κ1) is 16.8. The van der Waals surface area contributed by atoms with E-state index in [0.29, 0.717) is 5.13 Å². The number of aryl methyl sites for hydroxylation is 1. The maximum Gasteiger partial charge on any atom is 0.297 e. The third-order valence-electron chi connectivity index (χ3n) is 4.85. The average molecular weight is 392 g/mol. The number of amides is 1. The van der Waals surface area contributed by atoms with Gasteiger partial charge in [0, 0.05) is 11.6 Å². The van der Waals surface area contributed by atoms with Crippen molar-refractivity contribution in [2.45, 2.75) is 13.0 Å². The lowest BCUT2D eigenvalue weighted by molar-refractivity contribution is 0.0971. The van der Waals surface area contributed by atoms with Crippen LogP contribution in [0, 0.1) is 12.7 Å². The Hall–Kier alpha value is -3.32. The van der Waals surface area contributed by atoms with E-state index in [1.54, 1.807) is 11.6 Å². The van der Waals surface area contributed by atoms with Crippen molar-refractivity contribution in [3.63, 3.8) is 0 Å². The molecular formula is C21H13FN2O3S. The van der Waals surface area contributed by atoms with Gasteiger partial charge >= 0.3 is 0 Å². The van der Waals surface area contributed by atoms with Gasteiger partial charge in [-0.25, -0.2) is 9.37 Å². The Morgan fingerprint density at radius 1 is 1.14 bits per heavy atom. The van der Waals surface area contributed by atoms with Crippen LogP contribution in [0.2, 0.25) is 0 Å². The standard InChI is InChI=1S/C21H13FN2O3S/c1-11-2-4-12(5-3-11)17-16-18(25)14-10-13(22)6-7-15(14)27-19(16)20(26)24(17)21-23-8-9-28-21/h2-10,17H,1H3. The average Bonchev–Trinajstić information content (AvgIpc) is 3.30. The van der Waals surface area contributed by atoms with E-state index in [-0.39, 0.29) is 22.3 Å². The molecule has 1 unspecified atom stereocenters. The zero-order valence-electron chi connectivity index (χ0n) is 14.7. The lowest BCUT2D eigenvalue weighted by Gasteiger charge is -2.22. The van der Waals surface area contributed by atoms with Crippen LogP contribution < -0.4 is 10.3 Å². The molecule has 0 bridgehead atoms. The van der Waals surface area contributed by atoms with Crippen molar-refractivity contribution in [2.75, 3.05) is 4.90 Å². The molecule has 0 N–H and O–H groups in total. The summed E-state index contributed by atoms with van der Waals surface area (Å²) in [6.07, 6.45) is 1.60. The Balaban J connectivity index is 1.83. The van der Waals surface area contributed by atoms with E-state index >= 15 is 0 Å². The zero-order valence-corrected chi connectivity index (χ0v) is 15.5. The van der Waals surface area contributed by atoms with Gasteiger partial charge in [-0.3, -0.25) is 14.5 Å². The Morgan fingerprint density at radius 2 is 1.93 bits per heavy atom. The molecule has 5 nitrogen and oxygen atoms in total. The second-order valence-electron chi connectivity index (χ2n) is 6.62. The molecule has 2 aromatic carbocycles. The van der Waals surface area contributed by atoms with E-state index in [2.05, 4.69) is 4.98 Å². The number of anilines is 1. The van der Waals surface area contributed by atoms with Crippen molar-refractivity contribution in [2.24, 2.45) is 0 Å². The highest BCUT2D eigenvalue weighted by molar-refractivity contribution is 7.13. The molecule has 1 aliphatic rings. The van der Waals surface area contributed by atoms with E-state index < -0.39 is 23.2 Å². The second-order valence-corrected chi connectivity index (χ2v) is 7.49. The molecule has 4 aromatic rings. The molecule has 0 spiro atoms. The van der Waals surface area contributed by atoms with Gasteiger partial charge in [0.05, 0.1) is 17.0 Å². The lowest BCUT2D eigenvalue weighted by Crippen LogP contribution is -2.29. The fraction of sp³-hybridized carbons (Fsp3) is 0.0952. The maximum absolute atomic E-state index is 13.7. The van der Waals surface area contributed by atoms with Gasteiger partial charge in [0.15, 0.2) is 10.6 Å². The SMILES string of the molecule is Cc1ccc(C2c3c(oc4ccc(F)cc4c3=O)C(=O)N2c2nccs2)cc1. The Labute approximate surface area is 162 Å². The fourth-order valence-electron chi connectivity index (χ4n) is 3.54. The molecule has 0 saturated carbocycles. The molecule has 138 valence electrons. The number of nitrogens with zero attached hydrogens (tertiary/aromatic N) is 2. The molecule has 0 fully saturated rings. The van der Waals surface area contributed by atoms with E-state index in [1.807, 2.05) is 31.2 Å². The molecule has 1 atom stereocenters. The van der Waals surface area contributed by atoms with Crippen LogP contribution in [-0.4, -0.2) is 10.9 Å². The van der Waals surface area contributed by atoms with Gasteiger partial charge in [-0.15, -0.1) is 11.3 Å². The van der Waals surface area contributed by atoms with Crippen LogP contribution in [0.3, 0.4) is 0 Å². The summed E-state index contributed by atoms with van der Waals surface area (Å²) in [4.78, 5) is 32.2. The summed E-state index contributed by atoms with van der Waals surface area (Å²) in [5.74, 6) is -0.989. The number of carbonyl (C=O) groups is 1. The fourth-order valence-corrected chi connectivity index (χ4v) is 4.21. The predicted molar refractivity (Wildman–Crippen MR) is 104 cm³/mol. The highest BCUT2D eigenvalue weighted by Gasteiger charge is 2.44. The first-order valence-corrected chi connectivity index (χ1v) is 9.48. The summed E-state index contributed by atoms with van der Waals surface area (Å²) in [7, 11) is 0. The Bertz CT molecular complexity index is 1280. The van der Waals surface area contributed by atoms with Crippen LogP contribution in [0.5, 0.6) is 0 Å². The first-order chi connectivity index (χ1) is 13.5. The summed E-state index contributed by atoms with van der Waals surface area (Å²) in [6.45, 7) is 1.96. The molecule has 1 amide bonds. The van der Waals surface area contributed by atoms with Gasteiger partial charge in [-0.1, -0.05) is 29.8 Å². The van der Waals surface area contributed by atoms with Crippen LogP contribution >= 0.6 is 11.3 Å². The normalized spacial score (nSPS) is 16.0. The van der Waals surface area contributed by atoms with E-state index in [9.17, 15) is 14.0 Å². The number of carbonyl (C=O) groups excluding carboxylic acids is 1. The number of aromatic nitrogens is 1. The van der Waals surface area contributed by atoms with Crippen molar-refractivity contribution in [1.29, 1.82) is 0 Å². The largest absolute Gasteiger partial charge is 0.450 e. The van der Waals surface area contributed by atoms with Gasteiger partial charge in [0.25, 0.3) is 5.91 Å². The highest BCUT2D eigenvalue weighted by atomic mass is 32.1. The summed E-state index contributed by atoms with van der Waals surface area (Å²) in [6, 6.07) is 10.6. The number of thiazole rings is 1.